The number of hydrogen-bond acceptors (Lipinski definition) is 5. The van der Waals surface area contributed by atoms with Gasteiger partial charge in [0.1, 0.15) is 12.3 Å². The average molecular weight is 484 g/mol. The number of rotatable bonds is 4. The highest BCUT2D eigenvalue weighted by Crippen LogP contribution is 2.35. The fourth-order valence-corrected chi connectivity index (χ4v) is 3.08. The van der Waals surface area contributed by atoms with Crippen LogP contribution in [0.1, 0.15) is 5.56 Å². The van der Waals surface area contributed by atoms with Crippen molar-refractivity contribution in [1.82, 2.24) is 16.0 Å². The minimum absolute atomic E-state index is 0.425. The molecule has 2 atom stereocenters. The van der Waals surface area contributed by atoms with Crippen LogP contribution in [0.4, 0.5) is 0 Å². The monoisotopic (exact) mass is 481 g/mol. The average Bonchev–Trinajstić information content (AvgIpc) is 2.57. The summed E-state index contributed by atoms with van der Waals surface area (Å²) >= 11 is 35.9. The highest BCUT2D eigenvalue weighted by molar-refractivity contribution is 6.68. The van der Waals surface area contributed by atoms with Crippen LogP contribution in [0.3, 0.4) is 0 Å². The third-order valence-electron chi connectivity index (χ3n) is 3.57. The van der Waals surface area contributed by atoms with E-state index in [9.17, 15) is 0 Å². The maximum Gasteiger partial charge on any atom is 0.218 e. The summed E-state index contributed by atoms with van der Waals surface area (Å²) in [6.07, 6.45) is 1.76. The molecule has 146 valence electrons. The molecule has 0 aliphatic carbocycles. The van der Waals surface area contributed by atoms with Gasteiger partial charge in [0, 0.05) is 0 Å². The number of hydrogen-bond donors (Lipinski definition) is 3. The van der Waals surface area contributed by atoms with Crippen LogP contribution >= 0.6 is 69.6 Å². The minimum atomic E-state index is -1.65. The van der Waals surface area contributed by atoms with Crippen LogP contribution in [0.2, 0.25) is 0 Å². The van der Waals surface area contributed by atoms with Gasteiger partial charge in [-0.2, -0.15) is 0 Å². The Kier molecular flexibility index (Phi) is 7.88. The van der Waals surface area contributed by atoms with Gasteiger partial charge in [-0.1, -0.05) is 87.8 Å². The summed E-state index contributed by atoms with van der Waals surface area (Å²) in [4.78, 5) is 0. The first-order valence-electron chi connectivity index (χ1n) is 7.36. The molecule has 0 radical (unpaired) electrons. The zero-order valence-corrected chi connectivity index (χ0v) is 18.2. The molecule has 0 spiro atoms. The molecule has 2 unspecified atom stereocenters. The predicted molar refractivity (Wildman–Crippen MR) is 110 cm³/mol. The Morgan fingerprint density at radius 1 is 0.846 bits per heavy atom. The Bertz CT molecular complexity index is 625. The van der Waals surface area contributed by atoms with Crippen molar-refractivity contribution in [1.29, 1.82) is 0 Å². The summed E-state index contributed by atoms with van der Waals surface area (Å²) in [5.41, 5.74) is 0.876. The topological polar surface area (TPSA) is 54.5 Å². The lowest BCUT2D eigenvalue weighted by Crippen LogP contribution is -2.72. The van der Waals surface area contributed by atoms with Gasteiger partial charge < -0.3 is 9.47 Å². The normalized spacial score (nSPS) is 24.7. The number of ether oxygens (including phenoxy) is 2. The van der Waals surface area contributed by atoms with E-state index in [0.29, 0.717) is 11.5 Å². The number of nitrogens with one attached hydrogen (secondary N) is 3. The molecule has 1 aromatic carbocycles. The summed E-state index contributed by atoms with van der Waals surface area (Å²) in [7, 11) is 3.14. The lowest BCUT2D eigenvalue weighted by atomic mass is 10.1. The molecule has 0 amide bonds. The van der Waals surface area contributed by atoms with Crippen molar-refractivity contribution in [3.8, 4) is 11.5 Å². The molecule has 0 bridgehead atoms. The third-order valence-corrected chi connectivity index (χ3v) is 4.88. The van der Waals surface area contributed by atoms with Crippen molar-refractivity contribution in [2.75, 3.05) is 14.2 Å². The van der Waals surface area contributed by atoms with Gasteiger partial charge in [-0.25, -0.2) is 0 Å². The Hall–Kier alpha value is 0.180. The summed E-state index contributed by atoms with van der Waals surface area (Å²) in [6.45, 7) is 0. The largest absolute Gasteiger partial charge is 0.493 e. The lowest BCUT2D eigenvalue weighted by Gasteiger charge is -2.42. The minimum Gasteiger partial charge on any atom is -0.493 e. The van der Waals surface area contributed by atoms with Crippen LogP contribution in [-0.4, -0.2) is 40.3 Å². The van der Waals surface area contributed by atoms with Gasteiger partial charge in [0.05, 0.1) is 20.4 Å². The van der Waals surface area contributed by atoms with E-state index in [-0.39, 0.29) is 0 Å². The maximum atomic E-state index is 5.98. The Labute approximate surface area is 182 Å². The van der Waals surface area contributed by atoms with Crippen molar-refractivity contribution in [2.45, 2.75) is 26.1 Å². The fraction of sp³-hybridized carbons (Fsp3) is 0.467. The molecule has 1 aromatic rings. The molecule has 0 saturated carbocycles. The zero-order chi connectivity index (χ0) is 19.5. The van der Waals surface area contributed by atoms with Crippen molar-refractivity contribution in [3.63, 3.8) is 0 Å². The number of halogens is 6. The maximum absolute atomic E-state index is 5.98. The number of benzene rings is 1. The smallest absolute Gasteiger partial charge is 0.218 e. The summed E-state index contributed by atoms with van der Waals surface area (Å²) in [5.74, 6) is 1.24. The van der Waals surface area contributed by atoms with Gasteiger partial charge in [0.2, 0.25) is 7.59 Å². The summed E-state index contributed by atoms with van der Waals surface area (Å²) < 4.78 is 7.21. The second-order valence-corrected chi connectivity index (χ2v) is 10.1. The van der Waals surface area contributed by atoms with Gasteiger partial charge in [-0.3, -0.25) is 16.0 Å². The second kappa shape index (κ2) is 9.12. The van der Waals surface area contributed by atoms with Gasteiger partial charge in [-0.05, 0) is 17.7 Å². The number of methoxy groups -OCH3 is 2. The standard InChI is InChI=1S/C15H17Cl6N3O2/c1-25-9-5-3-8(7-10(9)26-2)4-6-11-22-12(14(16,17)18)24-13(23-11)15(19,20)21/h3-7,11-13,22-24H,1-2H3/b6-4-. The predicted octanol–water partition coefficient (Wildman–Crippen LogP) is 4.22. The van der Waals surface area contributed by atoms with Crippen molar-refractivity contribution < 1.29 is 9.47 Å². The molecule has 11 heteroatoms. The SMILES string of the molecule is COc1ccc(/C=C\C2NC(C(Cl)(Cl)Cl)NC(C(Cl)(Cl)Cl)N2)cc1OC. The zero-order valence-electron chi connectivity index (χ0n) is 13.7. The van der Waals surface area contributed by atoms with Crippen molar-refractivity contribution >= 4 is 75.7 Å². The molecule has 26 heavy (non-hydrogen) atoms. The van der Waals surface area contributed by atoms with Crippen LogP contribution in [0.25, 0.3) is 6.08 Å². The van der Waals surface area contributed by atoms with E-state index in [1.807, 2.05) is 24.3 Å². The quantitative estimate of drug-likeness (QED) is 0.560. The van der Waals surface area contributed by atoms with E-state index in [1.54, 1.807) is 20.3 Å². The van der Waals surface area contributed by atoms with Gasteiger partial charge in [-0.15, -0.1) is 0 Å². The van der Waals surface area contributed by atoms with Crippen molar-refractivity contribution in [2.24, 2.45) is 0 Å². The molecule has 1 saturated heterocycles. The van der Waals surface area contributed by atoms with Crippen LogP contribution in [0, 0.1) is 0 Å². The van der Waals surface area contributed by atoms with E-state index < -0.39 is 26.1 Å². The van der Waals surface area contributed by atoms with E-state index in [2.05, 4.69) is 16.0 Å². The second-order valence-electron chi connectivity index (χ2n) is 5.40. The molecular weight excluding hydrogens is 467 g/mol. The first kappa shape index (κ1) is 22.5. The molecule has 1 heterocycles. The highest BCUT2D eigenvalue weighted by atomic mass is 35.6. The van der Waals surface area contributed by atoms with E-state index >= 15 is 0 Å². The Balaban J connectivity index is 2.19. The molecule has 3 N–H and O–H groups in total. The lowest BCUT2D eigenvalue weighted by molar-refractivity contribution is 0.228. The fourth-order valence-electron chi connectivity index (χ4n) is 2.32. The Morgan fingerprint density at radius 3 is 1.85 bits per heavy atom. The molecule has 1 fully saturated rings. The van der Waals surface area contributed by atoms with E-state index in [0.717, 1.165) is 5.56 Å². The first-order chi connectivity index (χ1) is 12.0. The molecule has 1 aliphatic heterocycles. The van der Waals surface area contributed by atoms with Gasteiger partial charge in [0.15, 0.2) is 11.5 Å². The Morgan fingerprint density at radius 2 is 1.38 bits per heavy atom. The van der Waals surface area contributed by atoms with Gasteiger partial charge in [0.25, 0.3) is 0 Å². The molecule has 1 aliphatic rings. The highest BCUT2D eigenvalue weighted by Gasteiger charge is 2.44. The molecule has 2 rings (SSSR count). The first-order valence-corrected chi connectivity index (χ1v) is 9.63. The molecular formula is C15H17Cl6N3O2. The molecule has 5 nitrogen and oxygen atoms in total. The summed E-state index contributed by atoms with van der Waals surface area (Å²) in [5, 5.41) is 9.07. The van der Waals surface area contributed by atoms with Crippen LogP contribution < -0.4 is 25.4 Å². The van der Waals surface area contributed by atoms with Crippen LogP contribution in [0.5, 0.6) is 11.5 Å². The van der Waals surface area contributed by atoms with E-state index in [4.69, 9.17) is 79.1 Å². The molecule has 0 aromatic heterocycles. The van der Waals surface area contributed by atoms with Gasteiger partial charge >= 0.3 is 0 Å². The van der Waals surface area contributed by atoms with Crippen molar-refractivity contribution in [3.05, 3.63) is 29.8 Å². The van der Waals surface area contributed by atoms with E-state index in [1.165, 1.54) is 0 Å². The third kappa shape index (κ3) is 6.09. The van der Waals surface area contributed by atoms with Crippen LogP contribution in [0.15, 0.2) is 24.3 Å². The summed E-state index contributed by atoms with van der Waals surface area (Å²) in [6, 6.07) is 5.50. The number of alkyl halides is 6. The van der Waals surface area contributed by atoms with Crippen LogP contribution in [-0.2, 0) is 0 Å².